The van der Waals surface area contributed by atoms with Gasteiger partial charge in [0, 0.05) is 41.5 Å². The Morgan fingerprint density at radius 1 is 0.545 bits per heavy atom. The lowest BCUT2D eigenvalue weighted by molar-refractivity contribution is -0.588. The Hall–Kier alpha value is -6.01. The van der Waals surface area contributed by atoms with Crippen LogP contribution in [0, 0.1) is 6.33 Å². The van der Waals surface area contributed by atoms with Gasteiger partial charge >= 0.3 is 0 Å². The Labute approximate surface area is 324 Å². The smallest absolute Gasteiger partial charge is 0.270 e. The van der Waals surface area contributed by atoms with Crippen molar-refractivity contribution in [1.82, 2.24) is 19.1 Å². The Morgan fingerprint density at radius 3 is 1.87 bits per heavy atom. The highest BCUT2D eigenvalue weighted by Gasteiger charge is 2.23. The van der Waals surface area contributed by atoms with Crippen molar-refractivity contribution in [3.8, 4) is 40.1 Å². The normalized spacial score (nSPS) is 12.5. The Kier molecular flexibility index (Phi) is 8.76. The molecule has 0 atom stereocenters. The van der Waals surface area contributed by atoms with Gasteiger partial charge in [0.2, 0.25) is 0 Å². The zero-order valence-electron chi connectivity index (χ0n) is 33.3. The van der Waals surface area contributed by atoms with Crippen molar-refractivity contribution >= 4 is 21.8 Å². The van der Waals surface area contributed by atoms with Crippen molar-refractivity contribution in [2.24, 2.45) is 0 Å². The minimum atomic E-state index is -0.0242. The molecule has 6 nitrogen and oxygen atoms in total. The van der Waals surface area contributed by atoms with Crippen molar-refractivity contribution in [1.29, 1.82) is 0 Å². The zero-order valence-corrected chi connectivity index (χ0v) is 33.3. The van der Waals surface area contributed by atoms with Crippen molar-refractivity contribution in [3.05, 3.63) is 157 Å². The van der Waals surface area contributed by atoms with Crippen LogP contribution in [0.1, 0.15) is 79.0 Å². The van der Waals surface area contributed by atoms with E-state index in [2.05, 4.69) is 175 Å². The molecule has 0 spiro atoms. The van der Waals surface area contributed by atoms with Gasteiger partial charge < -0.3 is 4.74 Å². The number of benzene rings is 4. The molecule has 8 rings (SSSR count). The number of fused-ring (bicyclic) bond motifs is 3. The maximum absolute atomic E-state index is 6.62. The zero-order chi connectivity index (χ0) is 38.7. The lowest BCUT2D eigenvalue weighted by Crippen LogP contribution is -2.33. The second-order valence-corrected chi connectivity index (χ2v) is 17.6. The third-order valence-corrected chi connectivity index (χ3v) is 10.4. The predicted molar refractivity (Wildman–Crippen MR) is 224 cm³/mol. The first-order valence-corrected chi connectivity index (χ1v) is 19.1. The molecule has 0 unspecified atom stereocenters. The summed E-state index contributed by atoms with van der Waals surface area (Å²) < 4.78 is 13.0. The Balaban J connectivity index is 1.21. The van der Waals surface area contributed by atoms with Crippen LogP contribution in [-0.4, -0.2) is 19.1 Å². The van der Waals surface area contributed by atoms with Crippen LogP contribution in [-0.2, 0) is 16.2 Å². The monoisotopic (exact) mass is 723 g/mol. The molecule has 0 amide bonds. The molecular formula is C49H49N5O. The summed E-state index contributed by atoms with van der Waals surface area (Å²) in [5, 5.41) is 2.32. The van der Waals surface area contributed by atoms with Crippen molar-refractivity contribution in [2.45, 2.75) is 78.6 Å². The maximum Gasteiger partial charge on any atom is 0.270 e. The van der Waals surface area contributed by atoms with Gasteiger partial charge in [0.05, 0.1) is 22.4 Å². The molecule has 276 valence electrons. The van der Waals surface area contributed by atoms with Crippen molar-refractivity contribution in [3.63, 3.8) is 0 Å². The number of para-hydroxylation sites is 1. The van der Waals surface area contributed by atoms with Crippen LogP contribution in [0.3, 0.4) is 0 Å². The van der Waals surface area contributed by atoms with Crippen molar-refractivity contribution in [2.75, 3.05) is 0 Å². The van der Waals surface area contributed by atoms with Crippen LogP contribution in [0.15, 0.2) is 134 Å². The third kappa shape index (κ3) is 7.05. The van der Waals surface area contributed by atoms with Gasteiger partial charge in [-0.15, -0.1) is 0 Å². The topological polar surface area (TPSA) is 48.8 Å². The average Bonchev–Trinajstić information content (AvgIpc) is 3.74. The van der Waals surface area contributed by atoms with Crippen molar-refractivity contribution < 1.29 is 9.30 Å². The minimum absolute atomic E-state index is 0.00607. The molecule has 4 heterocycles. The first-order chi connectivity index (χ1) is 26.1. The van der Waals surface area contributed by atoms with E-state index >= 15 is 0 Å². The second kappa shape index (κ2) is 13.4. The highest BCUT2D eigenvalue weighted by molar-refractivity contribution is 6.09. The highest BCUT2D eigenvalue weighted by atomic mass is 16.5. The summed E-state index contributed by atoms with van der Waals surface area (Å²) in [7, 11) is 0. The molecule has 0 radical (unpaired) electrons. The molecule has 0 saturated heterocycles. The predicted octanol–water partition coefficient (Wildman–Crippen LogP) is 11.8. The van der Waals surface area contributed by atoms with Gasteiger partial charge in [-0.25, -0.2) is 4.98 Å². The quantitative estimate of drug-likeness (QED) is 0.127. The summed E-state index contributed by atoms with van der Waals surface area (Å²) in [4.78, 5) is 9.64. The van der Waals surface area contributed by atoms with E-state index in [1.165, 1.54) is 22.1 Å². The minimum Gasteiger partial charge on any atom is -0.458 e. The molecule has 0 aliphatic carbocycles. The van der Waals surface area contributed by atoms with E-state index in [0.717, 1.165) is 44.9 Å². The number of hydrogen-bond acceptors (Lipinski definition) is 3. The van der Waals surface area contributed by atoms with E-state index in [1.54, 1.807) is 6.20 Å². The van der Waals surface area contributed by atoms with Crippen LogP contribution in [0.2, 0.25) is 0 Å². The molecule has 4 aromatic carbocycles. The van der Waals surface area contributed by atoms with Gasteiger partial charge in [-0.05, 0) is 87.0 Å². The molecule has 0 aliphatic rings. The summed E-state index contributed by atoms with van der Waals surface area (Å²) in [5.41, 5.74) is 9.05. The van der Waals surface area contributed by atoms with Gasteiger partial charge in [-0.3, -0.25) is 18.7 Å². The number of ether oxygens (including phenoxy) is 1. The number of nitrogens with zero attached hydrogens (tertiary/aromatic N) is 5. The van der Waals surface area contributed by atoms with Crippen LogP contribution < -0.4 is 9.30 Å². The first-order valence-electron chi connectivity index (χ1n) is 19.1. The largest absolute Gasteiger partial charge is 0.458 e. The molecule has 0 aliphatic heterocycles. The molecular weight excluding hydrogens is 675 g/mol. The standard InChI is InChI=1S/C49H49N5O/c1-47(2,3)34-21-23-51-46(28-34)54-42-18-14-13-17-40(42)41-20-19-38(29-43(41)54)55-39-22-24-50-45(30-39)52-31-44(33-15-11-10-12-16-33)53(32-52)37-26-35(48(4,5)6)25-36(27-37)49(7,8)9/h10-31H,1-9H3. The highest BCUT2D eigenvalue weighted by Crippen LogP contribution is 2.36. The summed E-state index contributed by atoms with van der Waals surface area (Å²) in [5.74, 6) is 3.00. The lowest BCUT2D eigenvalue weighted by atomic mass is 9.80. The molecule has 8 aromatic rings. The number of imidazole rings is 1. The fraction of sp³-hybridized carbons (Fsp3) is 0.245. The average molecular weight is 724 g/mol. The molecule has 0 bridgehead atoms. The van der Waals surface area contributed by atoms with E-state index in [0.29, 0.717) is 11.6 Å². The Bertz CT molecular complexity index is 2650. The van der Waals surface area contributed by atoms with Crippen LogP contribution in [0.25, 0.3) is 50.4 Å². The third-order valence-electron chi connectivity index (χ3n) is 10.4. The van der Waals surface area contributed by atoms with Gasteiger partial charge in [0.15, 0.2) is 5.82 Å². The SMILES string of the molecule is CC(C)(C)c1cc(-[n+]2[c-]n(-c3cc(Oc4ccc5c6ccccc6n(-c6cc(C(C)(C)C)ccn6)c5c4)ccn3)cc2-c2ccccc2)cc(C(C)(C)C)c1. The number of hydrogen-bond donors (Lipinski definition) is 0. The number of pyridine rings is 2. The van der Waals surface area contributed by atoms with E-state index in [9.17, 15) is 0 Å². The summed E-state index contributed by atoms with van der Waals surface area (Å²) >= 11 is 0. The number of rotatable bonds is 6. The fourth-order valence-electron chi connectivity index (χ4n) is 7.10. The maximum atomic E-state index is 6.62. The Morgan fingerprint density at radius 2 is 1.16 bits per heavy atom. The summed E-state index contributed by atoms with van der Waals surface area (Å²) in [6, 6.07) is 40.4. The van der Waals surface area contributed by atoms with E-state index in [-0.39, 0.29) is 16.2 Å². The molecule has 55 heavy (non-hydrogen) atoms. The fourth-order valence-corrected chi connectivity index (χ4v) is 7.10. The summed E-state index contributed by atoms with van der Waals surface area (Å²) in [6.45, 7) is 20.3. The molecule has 6 heteroatoms. The van der Waals surface area contributed by atoms with Gasteiger partial charge in [0.1, 0.15) is 17.3 Å². The molecule has 0 fully saturated rings. The van der Waals surface area contributed by atoms with Gasteiger partial charge in [0.25, 0.3) is 6.33 Å². The molecule has 0 saturated carbocycles. The molecule has 0 N–H and O–H groups in total. The summed E-state index contributed by atoms with van der Waals surface area (Å²) in [6.07, 6.45) is 9.45. The van der Waals surface area contributed by atoms with Gasteiger partial charge in [-0.1, -0.05) is 117 Å². The second-order valence-electron chi connectivity index (χ2n) is 17.6. The van der Waals surface area contributed by atoms with Crippen LogP contribution >= 0.6 is 0 Å². The van der Waals surface area contributed by atoms with E-state index < -0.39 is 0 Å². The van der Waals surface area contributed by atoms with Gasteiger partial charge in [-0.2, -0.15) is 0 Å². The van der Waals surface area contributed by atoms with Crippen LogP contribution in [0.5, 0.6) is 11.5 Å². The van der Waals surface area contributed by atoms with E-state index in [1.807, 2.05) is 35.0 Å². The van der Waals surface area contributed by atoms with E-state index in [4.69, 9.17) is 14.7 Å². The molecule has 4 aromatic heterocycles. The van der Waals surface area contributed by atoms with Crippen LogP contribution in [0.4, 0.5) is 0 Å². The number of aromatic nitrogens is 5. The lowest BCUT2D eigenvalue weighted by Gasteiger charge is -2.26. The first kappa shape index (κ1) is 36.0.